The number of anilines is 4. The highest BCUT2D eigenvalue weighted by Gasteiger charge is 2.25. The van der Waals surface area contributed by atoms with E-state index >= 15 is 0 Å². The molecule has 0 aliphatic heterocycles. The molecule has 0 bridgehead atoms. The molecule has 4 heteroatoms. The van der Waals surface area contributed by atoms with Gasteiger partial charge < -0.3 is 10.6 Å². The van der Waals surface area contributed by atoms with Crippen molar-refractivity contribution in [1.29, 1.82) is 0 Å². The smallest absolute Gasteiger partial charge is 0.0653 e. The molecule has 0 fully saturated rings. The van der Waals surface area contributed by atoms with Crippen LogP contribution in [0.5, 0.6) is 0 Å². The summed E-state index contributed by atoms with van der Waals surface area (Å²) < 4.78 is 0. The first-order valence-corrected chi connectivity index (χ1v) is 17.2. The predicted molar refractivity (Wildman–Crippen MR) is 178 cm³/mol. The predicted octanol–water partition coefficient (Wildman–Crippen LogP) is 10.3. The zero-order chi connectivity index (χ0) is 28.3. The molecule has 0 saturated heterocycles. The molecule has 0 aliphatic carbocycles. The van der Waals surface area contributed by atoms with Crippen LogP contribution in [-0.4, -0.2) is 22.6 Å². The maximum absolute atomic E-state index is 3.94. The summed E-state index contributed by atoms with van der Waals surface area (Å²) in [7, 11) is -0.586. The summed E-state index contributed by atoms with van der Waals surface area (Å²) in [6.07, 6.45) is 0. The first-order valence-electron chi connectivity index (χ1n) is 14.2. The molecule has 0 spiro atoms. The van der Waals surface area contributed by atoms with Crippen molar-refractivity contribution in [3.63, 3.8) is 0 Å². The van der Waals surface area contributed by atoms with Gasteiger partial charge in [0.25, 0.3) is 0 Å². The minimum absolute atomic E-state index is 0.292. The molecule has 3 aromatic carbocycles. The highest BCUT2D eigenvalue weighted by molar-refractivity contribution is 7.67. The molecular formula is C34H50N2P2. The number of nitrogens with one attached hydrogen (secondary N) is 2. The fourth-order valence-corrected chi connectivity index (χ4v) is 11.9. The molecule has 0 saturated carbocycles. The highest BCUT2D eigenvalue weighted by atomic mass is 31.1. The maximum atomic E-state index is 3.94. The van der Waals surface area contributed by atoms with Gasteiger partial charge in [0.05, 0.1) is 11.4 Å². The van der Waals surface area contributed by atoms with E-state index in [1.807, 2.05) is 0 Å². The van der Waals surface area contributed by atoms with Crippen LogP contribution in [0.4, 0.5) is 22.7 Å². The van der Waals surface area contributed by atoms with E-state index in [-0.39, 0.29) is 15.8 Å². The Hall–Kier alpha value is -1.88. The van der Waals surface area contributed by atoms with Gasteiger partial charge in [0, 0.05) is 22.0 Å². The van der Waals surface area contributed by atoms with Gasteiger partial charge in [-0.3, -0.25) is 0 Å². The van der Waals surface area contributed by atoms with Crippen molar-refractivity contribution in [1.82, 2.24) is 0 Å². The summed E-state index contributed by atoms with van der Waals surface area (Å²) in [4.78, 5) is 0. The molecule has 2 N–H and O–H groups in total. The van der Waals surface area contributed by atoms with Crippen molar-refractivity contribution >= 4 is 49.2 Å². The number of hydrogen-bond acceptors (Lipinski definition) is 2. The lowest BCUT2D eigenvalue weighted by molar-refractivity contribution is 1.02. The molecule has 0 aromatic heterocycles. The van der Waals surface area contributed by atoms with Crippen LogP contribution in [0.1, 0.15) is 77.6 Å². The lowest BCUT2D eigenvalue weighted by atomic mass is 10.1. The van der Waals surface area contributed by atoms with E-state index in [1.165, 1.54) is 49.9 Å². The third-order valence-electron chi connectivity index (χ3n) is 7.10. The molecule has 38 heavy (non-hydrogen) atoms. The van der Waals surface area contributed by atoms with Crippen LogP contribution in [0.2, 0.25) is 0 Å². The van der Waals surface area contributed by atoms with Crippen molar-refractivity contribution in [2.75, 3.05) is 10.6 Å². The average molecular weight is 549 g/mol. The Morgan fingerprint density at radius 2 is 0.895 bits per heavy atom. The molecule has 0 radical (unpaired) electrons. The Kier molecular flexibility index (Phi) is 10.5. The standard InChI is InChI=1S/C34H50N2P2/c1-21(2)37(22(3)4)32-19-25(9)13-15-29(32)35-31-18-27(11)17-28(12)34(31)36-30-16-14-26(10)20-33(30)38(23(5)6)24(7)8/h13-24,35-36H,1-12H3. The first-order chi connectivity index (χ1) is 17.8. The fraction of sp³-hybridized carbons (Fsp3) is 0.471. The summed E-state index contributed by atoms with van der Waals surface area (Å²) in [6.45, 7) is 27.9. The normalized spacial score (nSPS) is 12.1. The van der Waals surface area contributed by atoms with Gasteiger partial charge in [0.1, 0.15) is 0 Å². The van der Waals surface area contributed by atoms with E-state index in [9.17, 15) is 0 Å². The number of hydrogen-bond donors (Lipinski definition) is 2. The van der Waals surface area contributed by atoms with Crippen molar-refractivity contribution in [2.45, 2.75) is 106 Å². The zero-order valence-electron chi connectivity index (χ0n) is 25.8. The molecule has 206 valence electrons. The molecule has 0 atom stereocenters. The van der Waals surface area contributed by atoms with Crippen molar-refractivity contribution in [3.8, 4) is 0 Å². The SMILES string of the molecule is Cc1cc(C)c(Nc2ccc(C)cc2P(C(C)C)C(C)C)c(Nc2ccc(C)cc2P(C(C)C)C(C)C)c1. The second-order valence-corrected chi connectivity index (χ2v) is 18.7. The third kappa shape index (κ3) is 7.20. The Morgan fingerprint density at radius 1 is 0.474 bits per heavy atom. The lowest BCUT2D eigenvalue weighted by Crippen LogP contribution is -2.20. The van der Waals surface area contributed by atoms with Crippen LogP contribution in [-0.2, 0) is 0 Å². The maximum Gasteiger partial charge on any atom is 0.0653 e. The topological polar surface area (TPSA) is 24.1 Å². The van der Waals surface area contributed by atoms with Crippen molar-refractivity contribution in [2.24, 2.45) is 0 Å². The fourth-order valence-electron chi connectivity index (χ4n) is 5.74. The van der Waals surface area contributed by atoms with Crippen molar-refractivity contribution in [3.05, 3.63) is 70.8 Å². The third-order valence-corrected chi connectivity index (χ3v) is 13.4. The number of rotatable bonds is 10. The summed E-state index contributed by atoms with van der Waals surface area (Å²) in [5, 5.41) is 10.8. The van der Waals surface area contributed by atoms with E-state index in [0.717, 1.165) is 5.69 Å². The Balaban J connectivity index is 2.14. The van der Waals surface area contributed by atoms with E-state index in [0.29, 0.717) is 22.6 Å². The van der Waals surface area contributed by atoms with Crippen LogP contribution in [0.25, 0.3) is 0 Å². The van der Waals surface area contributed by atoms with E-state index < -0.39 is 0 Å². The van der Waals surface area contributed by atoms with Gasteiger partial charge in [0.15, 0.2) is 0 Å². The van der Waals surface area contributed by atoms with Gasteiger partial charge in [-0.1, -0.05) is 101 Å². The monoisotopic (exact) mass is 548 g/mol. The Morgan fingerprint density at radius 3 is 1.32 bits per heavy atom. The minimum Gasteiger partial charge on any atom is -0.353 e. The highest BCUT2D eigenvalue weighted by Crippen LogP contribution is 2.49. The second kappa shape index (κ2) is 13.0. The van der Waals surface area contributed by atoms with Gasteiger partial charge in [-0.2, -0.15) is 0 Å². The Labute approximate surface area is 235 Å². The summed E-state index contributed by atoms with van der Waals surface area (Å²) in [6, 6.07) is 18.5. The average Bonchev–Trinajstić information content (AvgIpc) is 2.78. The molecule has 0 amide bonds. The largest absolute Gasteiger partial charge is 0.353 e. The van der Waals surface area contributed by atoms with Crippen LogP contribution in [0.15, 0.2) is 48.5 Å². The van der Waals surface area contributed by atoms with E-state index in [1.54, 1.807) is 0 Å². The quantitative estimate of drug-likeness (QED) is 0.246. The Bertz CT molecular complexity index is 1230. The molecule has 0 aliphatic rings. The molecular weight excluding hydrogens is 498 g/mol. The van der Waals surface area contributed by atoms with Crippen LogP contribution in [0.3, 0.4) is 0 Å². The first kappa shape index (κ1) is 30.7. The van der Waals surface area contributed by atoms with Gasteiger partial charge >= 0.3 is 0 Å². The zero-order valence-corrected chi connectivity index (χ0v) is 27.6. The van der Waals surface area contributed by atoms with E-state index in [4.69, 9.17) is 0 Å². The van der Waals surface area contributed by atoms with Crippen LogP contribution in [0, 0.1) is 27.7 Å². The van der Waals surface area contributed by atoms with Gasteiger partial charge in [-0.05, 0) is 91.8 Å². The van der Waals surface area contributed by atoms with Crippen LogP contribution < -0.4 is 21.2 Å². The summed E-state index contributed by atoms with van der Waals surface area (Å²) >= 11 is 0. The molecule has 0 unspecified atom stereocenters. The second-order valence-electron chi connectivity index (χ2n) is 12.0. The van der Waals surface area contributed by atoms with E-state index in [2.05, 4.69) is 142 Å². The van der Waals surface area contributed by atoms with Crippen LogP contribution >= 0.6 is 15.8 Å². The summed E-state index contributed by atoms with van der Waals surface area (Å²) in [5.74, 6) is 0. The summed E-state index contributed by atoms with van der Waals surface area (Å²) in [5.41, 5.74) is 12.5. The van der Waals surface area contributed by atoms with Crippen molar-refractivity contribution < 1.29 is 0 Å². The van der Waals surface area contributed by atoms with Gasteiger partial charge in [0.2, 0.25) is 0 Å². The van der Waals surface area contributed by atoms with Gasteiger partial charge in [-0.25, -0.2) is 0 Å². The molecule has 3 rings (SSSR count). The minimum atomic E-state index is -0.293. The molecule has 2 nitrogen and oxygen atoms in total. The number of aryl methyl sites for hydroxylation is 4. The molecule has 3 aromatic rings. The number of benzene rings is 3. The van der Waals surface area contributed by atoms with Gasteiger partial charge in [-0.15, -0.1) is 0 Å². The molecule has 0 heterocycles. The lowest BCUT2D eigenvalue weighted by Gasteiger charge is -2.30.